The Labute approximate surface area is 228 Å². The molecule has 6 nitrogen and oxygen atoms in total. The van der Waals surface area contributed by atoms with Gasteiger partial charge in [-0.25, -0.2) is 9.97 Å². The second-order valence-corrected chi connectivity index (χ2v) is 11.2. The maximum Gasteiger partial charge on any atom is 0.147 e. The number of halogens is 1. The van der Waals surface area contributed by atoms with Crippen molar-refractivity contribution in [2.45, 2.75) is 41.8 Å². The van der Waals surface area contributed by atoms with E-state index in [4.69, 9.17) is 27.1 Å². The molecule has 5 rings (SSSR count). The minimum absolute atomic E-state index is 0.0913. The van der Waals surface area contributed by atoms with Crippen LogP contribution < -0.4 is 16.0 Å². The molecule has 37 heavy (non-hydrogen) atoms. The van der Waals surface area contributed by atoms with Gasteiger partial charge in [0.05, 0.1) is 35.8 Å². The Hall–Kier alpha value is -2.84. The van der Waals surface area contributed by atoms with E-state index in [1.165, 1.54) is 11.8 Å². The van der Waals surface area contributed by atoms with Crippen molar-refractivity contribution >= 4 is 46.6 Å². The molecule has 192 valence electrons. The number of benzene rings is 2. The summed E-state index contributed by atoms with van der Waals surface area (Å²) in [6.07, 6.45) is 7.62. The first-order valence-electron chi connectivity index (χ1n) is 12.5. The summed E-state index contributed by atoms with van der Waals surface area (Å²) in [5.74, 6) is 0.887. The average molecular weight is 534 g/mol. The Morgan fingerprint density at radius 2 is 1.97 bits per heavy atom. The van der Waals surface area contributed by atoms with E-state index < -0.39 is 0 Å². The first-order chi connectivity index (χ1) is 17.9. The van der Waals surface area contributed by atoms with Crippen LogP contribution in [-0.2, 0) is 4.74 Å². The fourth-order valence-electron chi connectivity index (χ4n) is 5.16. The molecular weight excluding hydrogens is 502 g/mol. The molecule has 2 aliphatic heterocycles. The van der Waals surface area contributed by atoms with E-state index in [1.54, 1.807) is 0 Å². The van der Waals surface area contributed by atoms with Crippen molar-refractivity contribution in [2.75, 3.05) is 29.9 Å². The summed E-state index contributed by atoms with van der Waals surface area (Å²) in [5, 5.41) is 4.75. The van der Waals surface area contributed by atoms with Gasteiger partial charge in [-0.2, -0.15) is 0 Å². The van der Waals surface area contributed by atoms with E-state index in [2.05, 4.69) is 35.3 Å². The van der Waals surface area contributed by atoms with Gasteiger partial charge in [-0.15, -0.1) is 0 Å². The first-order valence-corrected chi connectivity index (χ1v) is 13.7. The van der Waals surface area contributed by atoms with E-state index in [0.29, 0.717) is 5.02 Å². The number of anilines is 2. The third-order valence-corrected chi connectivity index (χ3v) is 9.01. The molecule has 2 aromatic carbocycles. The number of nitrogens with two attached hydrogens (primary N) is 1. The predicted molar refractivity (Wildman–Crippen MR) is 154 cm³/mol. The van der Waals surface area contributed by atoms with Crippen LogP contribution in [0.25, 0.3) is 11.8 Å². The number of rotatable bonds is 7. The second-order valence-electron chi connectivity index (χ2n) is 9.72. The number of ether oxygens (including phenoxy) is 1. The van der Waals surface area contributed by atoms with E-state index >= 15 is 0 Å². The topological polar surface area (TPSA) is 76.3 Å². The molecule has 2 aliphatic rings. The lowest BCUT2D eigenvalue weighted by atomic mass is 9.73. The third-order valence-electron chi connectivity index (χ3n) is 7.51. The molecule has 0 amide bonds. The van der Waals surface area contributed by atoms with Gasteiger partial charge in [0.1, 0.15) is 10.8 Å². The summed E-state index contributed by atoms with van der Waals surface area (Å²) in [7, 11) is 0. The SMILES string of the molecule is C=Cc1ccccc1C(=C)Nc1cccc(Sc2cnc(N3CCC4(CC3)COC(C)C4N)cn2)c1Cl. The Balaban J connectivity index is 1.24. The molecule has 3 N–H and O–H groups in total. The van der Waals surface area contributed by atoms with Gasteiger partial charge in [0.25, 0.3) is 0 Å². The highest BCUT2D eigenvalue weighted by Crippen LogP contribution is 2.42. The van der Waals surface area contributed by atoms with Crippen LogP contribution in [0.4, 0.5) is 11.5 Å². The molecule has 0 bridgehead atoms. The molecule has 3 heterocycles. The van der Waals surface area contributed by atoms with Crippen molar-refractivity contribution in [2.24, 2.45) is 11.1 Å². The van der Waals surface area contributed by atoms with Gasteiger partial charge in [0.15, 0.2) is 0 Å². The lowest BCUT2D eigenvalue weighted by molar-refractivity contribution is 0.0974. The van der Waals surface area contributed by atoms with E-state index in [9.17, 15) is 0 Å². The van der Waals surface area contributed by atoms with Crippen molar-refractivity contribution in [3.8, 4) is 0 Å². The van der Waals surface area contributed by atoms with Crippen LogP contribution in [0.1, 0.15) is 30.9 Å². The molecule has 0 radical (unpaired) electrons. The summed E-state index contributed by atoms with van der Waals surface area (Å²) in [6, 6.07) is 14.0. The maximum absolute atomic E-state index is 6.78. The molecule has 3 aromatic rings. The van der Waals surface area contributed by atoms with Gasteiger partial charge in [0, 0.05) is 40.7 Å². The van der Waals surface area contributed by atoms with Crippen LogP contribution in [0.3, 0.4) is 0 Å². The molecule has 1 aromatic heterocycles. The highest BCUT2D eigenvalue weighted by Gasteiger charge is 2.47. The average Bonchev–Trinajstić information content (AvgIpc) is 3.20. The molecule has 1 spiro atoms. The number of hydrogen-bond donors (Lipinski definition) is 2. The van der Waals surface area contributed by atoms with Crippen LogP contribution in [0, 0.1) is 5.41 Å². The standard InChI is InChI=1S/C29H32ClN5OS/c1-4-21-8-5-6-9-22(21)19(2)34-23-10-7-11-24(27(23)30)37-26-17-32-25(16-33-26)35-14-12-29(13-15-35)18-36-20(3)28(29)31/h4-11,16-17,20,28,34H,1-2,12-15,18,31H2,3H3. The van der Waals surface area contributed by atoms with E-state index in [-0.39, 0.29) is 17.6 Å². The highest BCUT2D eigenvalue weighted by atomic mass is 35.5. The number of aromatic nitrogens is 2. The van der Waals surface area contributed by atoms with Crippen molar-refractivity contribution in [3.05, 3.63) is 84.2 Å². The molecule has 8 heteroatoms. The Morgan fingerprint density at radius 1 is 1.19 bits per heavy atom. The Kier molecular flexibility index (Phi) is 7.58. The van der Waals surface area contributed by atoms with E-state index in [1.807, 2.05) is 60.9 Å². The molecule has 2 saturated heterocycles. The summed E-state index contributed by atoms with van der Waals surface area (Å²) in [4.78, 5) is 12.5. The molecule has 0 saturated carbocycles. The zero-order chi connectivity index (χ0) is 26.0. The summed E-state index contributed by atoms with van der Waals surface area (Å²) < 4.78 is 5.85. The summed E-state index contributed by atoms with van der Waals surface area (Å²) >= 11 is 8.26. The first kappa shape index (κ1) is 25.8. The molecular formula is C29H32ClN5OS. The van der Waals surface area contributed by atoms with Gasteiger partial charge in [0.2, 0.25) is 0 Å². The fraction of sp³-hybridized carbons (Fsp3) is 0.310. The van der Waals surface area contributed by atoms with Crippen LogP contribution in [-0.4, -0.2) is 41.8 Å². The molecule has 2 unspecified atom stereocenters. The number of nitrogens with one attached hydrogen (secondary N) is 1. The van der Waals surface area contributed by atoms with Gasteiger partial charge in [-0.3, -0.25) is 0 Å². The lowest BCUT2D eigenvalue weighted by Crippen LogP contribution is -2.50. The van der Waals surface area contributed by atoms with Crippen molar-refractivity contribution < 1.29 is 4.74 Å². The zero-order valence-electron chi connectivity index (χ0n) is 21.0. The van der Waals surface area contributed by atoms with E-state index in [0.717, 1.165) is 70.8 Å². The quantitative estimate of drug-likeness (QED) is 0.367. The number of hydrogen-bond acceptors (Lipinski definition) is 7. The van der Waals surface area contributed by atoms with Crippen LogP contribution in [0.15, 0.2) is 77.9 Å². The second kappa shape index (κ2) is 10.9. The van der Waals surface area contributed by atoms with Gasteiger partial charge >= 0.3 is 0 Å². The maximum atomic E-state index is 6.78. The van der Waals surface area contributed by atoms with Gasteiger partial charge in [-0.1, -0.05) is 72.9 Å². The Bertz CT molecular complexity index is 1290. The Morgan fingerprint density at radius 3 is 2.65 bits per heavy atom. The zero-order valence-corrected chi connectivity index (χ0v) is 22.6. The predicted octanol–water partition coefficient (Wildman–Crippen LogP) is 6.34. The van der Waals surface area contributed by atoms with Gasteiger partial charge in [-0.05, 0) is 37.5 Å². The highest BCUT2D eigenvalue weighted by molar-refractivity contribution is 7.99. The smallest absolute Gasteiger partial charge is 0.147 e. The molecule has 2 fully saturated rings. The third kappa shape index (κ3) is 5.27. The van der Waals surface area contributed by atoms with Crippen LogP contribution in [0.2, 0.25) is 5.02 Å². The number of nitrogens with zero attached hydrogens (tertiary/aromatic N) is 3. The lowest BCUT2D eigenvalue weighted by Gasteiger charge is -2.41. The minimum atomic E-state index is 0.0913. The minimum Gasteiger partial charge on any atom is -0.376 e. The van der Waals surface area contributed by atoms with Crippen molar-refractivity contribution in [1.82, 2.24) is 9.97 Å². The largest absolute Gasteiger partial charge is 0.376 e. The van der Waals surface area contributed by atoms with Crippen LogP contribution in [0.5, 0.6) is 0 Å². The summed E-state index contributed by atoms with van der Waals surface area (Å²) in [6.45, 7) is 12.7. The summed E-state index contributed by atoms with van der Waals surface area (Å²) in [5.41, 5.74) is 10.1. The van der Waals surface area contributed by atoms with Crippen molar-refractivity contribution in [3.63, 3.8) is 0 Å². The fourth-order valence-corrected chi connectivity index (χ4v) is 6.23. The van der Waals surface area contributed by atoms with Gasteiger partial charge < -0.3 is 20.7 Å². The molecule has 2 atom stereocenters. The molecule has 0 aliphatic carbocycles. The van der Waals surface area contributed by atoms with Crippen LogP contribution >= 0.6 is 23.4 Å². The van der Waals surface area contributed by atoms with Crippen molar-refractivity contribution in [1.29, 1.82) is 0 Å². The monoisotopic (exact) mass is 533 g/mol. The normalized spacial score (nSPS) is 20.7. The number of piperidine rings is 1.